The van der Waals surface area contributed by atoms with Gasteiger partial charge in [0.15, 0.2) is 0 Å². The topological polar surface area (TPSA) is 69.4 Å². The molecule has 0 spiro atoms. The highest BCUT2D eigenvalue weighted by Gasteiger charge is 2.14. The Bertz CT molecular complexity index is 433. The van der Waals surface area contributed by atoms with Crippen LogP contribution in [0, 0.1) is 0 Å². The number of sulfonamides is 1. The summed E-state index contributed by atoms with van der Waals surface area (Å²) < 4.78 is 27.6. The lowest BCUT2D eigenvalue weighted by atomic mass is 9.64. The van der Waals surface area contributed by atoms with Crippen molar-refractivity contribution in [2.45, 2.75) is 18.6 Å². The maximum Gasteiger partial charge on any atom is 0.323 e. The lowest BCUT2D eigenvalue weighted by molar-refractivity contribution is 0.354. The molecule has 0 bridgehead atoms. The summed E-state index contributed by atoms with van der Waals surface area (Å²) in [6.45, 7) is 4.21. The van der Waals surface area contributed by atoms with Crippen molar-refractivity contribution in [3.63, 3.8) is 0 Å². The number of benzene rings is 1. The Morgan fingerprint density at radius 2 is 2.13 bits per heavy atom. The van der Waals surface area contributed by atoms with Gasteiger partial charge in [-0.15, -0.1) is 0 Å². The monoisotopic (exact) mass is 227 g/mol. The second-order valence-electron chi connectivity index (χ2n) is 3.22. The minimum atomic E-state index is -3.63. The molecule has 0 unspecified atom stereocenters. The molecule has 0 heterocycles. The quantitative estimate of drug-likeness (QED) is 0.747. The Balaban J connectivity index is 3.03. The molecule has 0 radical (unpaired) electrons. The van der Waals surface area contributed by atoms with Crippen molar-refractivity contribution < 1.29 is 13.1 Å². The van der Waals surface area contributed by atoms with Gasteiger partial charge in [-0.3, -0.25) is 0 Å². The molecule has 82 valence electrons. The van der Waals surface area contributed by atoms with Crippen molar-refractivity contribution in [1.29, 1.82) is 0 Å². The SMILES string of the molecule is CCOB(C)c1cccc(S(N)(=O)=O)c1. The zero-order valence-electron chi connectivity index (χ0n) is 8.80. The Morgan fingerprint density at radius 3 is 2.67 bits per heavy atom. The van der Waals surface area contributed by atoms with Crippen LogP contribution in [0.2, 0.25) is 6.82 Å². The van der Waals surface area contributed by atoms with Crippen molar-refractivity contribution in [1.82, 2.24) is 0 Å². The molecule has 2 N–H and O–H groups in total. The predicted molar refractivity (Wildman–Crippen MR) is 60.7 cm³/mol. The van der Waals surface area contributed by atoms with Crippen LogP contribution < -0.4 is 10.6 Å². The first-order valence-corrected chi connectivity index (χ1v) is 6.24. The first kappa shape index (κ1) is 12.2. The van der Waals surface area contributed by atoms with Crippen molar-refractivity contribution in [3.05, 3.63) is 24.3 Å². The zero-order chi connectivity index (χ0) is 11.5. The molecule has 0 aromatic heterocycles. The lowest BCUT2D eigenvalue weighted by Gasteiger charge is -2.09. The molecule has 0 aliphatic heterocycles. The van der Waals surface area contributed by atoms with Gasteiger partial charge in [-0.25, -0.2) is 13.6 Å². The molecule has 0 fully saturated rings. The fourth-order valence-electron chi connectivity index (χ4n) is 1.29. The highest BCUT2D eigenvalue weighted by atomic mass is 32.2. The lowest BCUT2D eigenvalue weighted by Crippen LogP contribution is -2.31. The van der Waals surface area contributed by atoms with Crippen molar-refractivity contribution in [2.24, 2.45) is 5.14 Å². The highest BCUT2D eigenvalue weighted by molar-refractivity contribution is 7.89. The largest absolute Gasteiger partial charge is 0.431 e. The summed E-state index contributed by atoms with van der Waals surface area (Å²) in [5, 5.41) is 5.03. The maximum atomic E-state index is 11.1. The molecule has 1 aromatic carbocycles. The summed E-state index contributed by atoms with van der Waals surface area (Å²) in [7, 11) is -3.63. The third-order valence-electron chi connectivity index (χ3n) is 2.07. The normalized spacial score (nSPS) is 11.4. The number of hydrogen-bond acceptors (Lipinski definition) is 3. The van der Waals surface area contributed by atoms with E-state index in [1.807, 2.05) is 19.8 Å². The summed E-state index contributed by atoms with van der Waals surface area (Å²) in [6, 6.07) is 6.48. The van der Waals surface area contributed by atoms with Crippen molar-refractivity contribution >= 4 is 22.4 Å². The zero-order valence-corrected chi connectivity index (χ0v) is 9.62. The summed E-state index contributed by atoms with van der Waals surface area (Å²) >= 11 is 0. The van der Waals surface area contributed by atoms with Crippen LogP contribution in [0.4, 0.5) is 0 Å². The molecule has 0 aliphatic rings. The van der Waals surface area contributed by atoms with Crippen LogP contribution in [0.25, 0.3) is 0 Å². The van der Waals surface area contributed by atoms with Crippen LogP contribution in [-0.2, 0) is 14.7 Å². The highest BCUT2D eigenvalue weighted by Crippen LogP contribution is 2.04. The third kappa shape index (κ3) is 3.33. The summed E-state index contributed by atoms with van der Waals surface area (Å²) in [5.41, 5.74) is 0.809. The minimum Gasteiger partial charge on any atom is -0.431 e. The van der Waals surface area contributed by atoms with Gasteiger partial charge in [0.05, 0.1) is 4.90 Å². The molecule has 1 rings (SSSR count). The molecule has 6 heteroatoms. The minimum absolute atomic E-state index is 0.117. The molecule has 4 nitrogen and oxygen atoms in total. The smallest absolute Gasteiger partial charge is 0.323 e. The van der Waals surface area contributed by atoms with E-state index in [2.05, 4.69) is 0 Å². The van der Waals surface area contributed by atoms with Crippen LogP contribution in [-0.4, -0.2) is 21.9 Å². The third-order valence-corrected chi connectivity index (χ3v) is 2.98. The molecule has 15 heavy (non-hydrogen) atoms. The van der Waals surface area contributed by atoms with E-state index in [0.717, 1.165) is 5.46 Å². The van der Waals surface area contributed by atoms with Gasteiger partial charge in [-0.05, 0) is 24.5 Å². The van der Waals surface area contributed by atoms with Gasteiger partial charge in [-0.1, -0.05) is 19.0 Å². The molecule has 0 aliphatic carbocycles. The van der Waals surface area contributed by atoms with E-state index < -0.39 is 10.0 Å². The average Bonchev–Trinajstić information content (AvgIpc) is 2.17. The number of nitrogens with two attached hydrogens (primary N) is 1. The molecular formula is C9H14BNO3S. The predicted octanol–water partition coefficient (Wildman–Crippen LogP) is 0.199. The molecule has 0 atom stereocenters. The van der Waals surface area contributed by atoms with Gasteiger partial charge in [-0.2, -0.15) is 0 Å². The van der Waals surface area contributed by atoms with Crippen LogP contribution in [0.3, 0.4) is 0 Å². The summed E-state index contributed by atoms with van der Waals surface area (Å²) in [5.74, 6) is 0. The molecule has 0 saturated carbocycles. The van der Waals surface area contributed by atoms with E-state index in [4.69, 9.17) is 9.79 Å². The molecule has 0 amide bonds. The van der Waals surface area contributed by atoms with Crippen LogP contribution in [0.15, 0.2) is 29.2 Å². The molecular weight excluding hydrogens is 213 g/mol. The van der Waals surface area contributed by atoms with Gasteiger partial charge < -0.3 is 4.65 Å². The standard InChI is InChI=1S/C9H14BNO3S/c1-3-14-10(2)8-5-4-6-9(7-8)15(11,12)13/h4-7H,3H2,1-2H3,(H2,11,12,13). The number of primary sulfonamides is 1. The van der Waals surface area contributed by atoms with E-state index >= 15 is 0 Å². The average molecular weight is 227 g/mol. The van der Waals surface area contributed by atoms with Crippen molar-refractivity contribution in [2.75, 3.05) is 6.61 Å². The molecule has 0 saturated heterocycles. The Hall–Kier alpha value is -0.845. The fraction of sp³-hybridized carbons (Fsp3) is 0.333. The van der Waals surface area contributed by atoms with Gasteiger partial charge >= 0.3 is 6.92 Å². The second-order valence-corrected chi connectivity index (χ2v) is 4.78. The van der Waals surface area contributed by atoms with Crippen LogP contribution in [0.5, 0.6) is 0 Å². The van der Waals surface area contributed by atoms with Crippen LogP contribution in [0.1, 0.15) is 6.92 Å². The molecule has 1 aromatic rings. The van der Waals surface area contributed by atoms with E-state index in [1.165, 1.54) is 12.1 Å². The van der Waals surface area contributed by atoms with Crippen LogP contribution >= 0.6 is 0 Å². The van der Waals surface area contributed by atoms with E-state index in [1.54, 1.807) is 6.07 Å². The Kier molecular flexibility index (Phi) is 3.90. The maximum absolute atomic E-state index is 11.1. The first-order valence-electron chi connectivity index (χ1n) is 4.69. The van der Waals surface area contributed by atoms with Gasteiger partial charge in [0.1, 0.15) is 0 Å². The Labute approximate surface area is 90.6 Å². The fourth-order valence-corrected chi connectivity index (χ4v) is 1.86. The Morgan fingerprint density at radius 1 is 1.47 bits per heavy atom. The number of hydrogen-bond donors (Lipinski definition) is 1. The van der Waals surface area contributed by atoms with E-state index in [9.17, 15) is 8.42 Å². The first-order chi connectivity index (χ1) is 6.95. The van der Waals surface area contributed by atoms with Gasteiger partial charge in [0, 0.05) is 6.61 Å². The second kappa shape index (κ2) is 4.78. The summed E-state index contributed by atoms with van der Waals surface area (Å²) in [6.07, 6.45) is 0. The van der Waals surface area contributed by atoms with Gasteiger partial charge in [0.25, 0.3) is 0 Å². The van der Waals surface area contributed by atoms with E-state index in [0.29, 0.717) is 6.61 Å². The number of rotatable bonds is 4. The van der Waals surface area contributed by atoms with Crippen molar-refractivity contribution in [3.8, 4) is 0 Å². The van der Waals surface area contributed by atoms with Gasteiger partial charge in [0.2, 0.25) is 10.0 Å². The summed E-state index contributed by atoms with van der Waals surface area (Å²) in [4.78, 5) is 0.117. The van der Waals surface area contributed by atoms with E-state index in [-0.39, 0.29) is 11.8 Å².